The third-order valence-electron chi connectivity index (χ3n) is 3.00. The van der Waals surface area contributed by atoms with Crippen molar-refractivity contribution in [2.45, 2.75) is 13.5 Å². The van der Waals surface area contributed by atoms with E-state index in [0.717, 1.165) is 11.3 Å². The van der Waals surface area contributed by atoms with Crippen LogP contribution in [0.25, 0.3) is 0 Å². The van der Waals surface area contributed by atoms with Gasteiger partial charge in [0, 0.05) is 16.4 Å². The lowest BCUT2D eigenvalue weighted by Gasteiger charge is -2.11. The molecule has 23 heavy (non-hydrogen) atoms. The van der Waals surface area contributed by atoms with Crippen molar-refractivity contribution in [2.24, 2.45) is 0 Å². The highest BCUT2D eigenvalue weighted by Gasteiger charge is 2.06. The zero-order valence-corrected chi connectivity index (χ0v) is 13.0. The zero-order valence-electron chi connectivity index (χ0n) is 12.3. The van der Waals surface area contributed by atoms with Gasteiger partial charge in [-0.25, -0.2) is 0 Å². The second-order valence-corrected chi connectivity index (χ2v) is 5.20. The maximum absolute atomic E-state index is 12.0. The highest BCUT2D eigenvalue weighted by atomic mass is 35.5. The van der Waals surface area contributed by atoms with Crippen LogP contribution in [0.4, 0.5) is 20.2 Å². The molecule has 0 heterocycles. The Morgan fingerprint density at radius 2 is 1.91 bits per heavy atom. The Labute approximate surface area is 137 Å². The summed E-state index contributed by atoms with van der Waals surface area (Å²) < 4.78 is 28.3. The van der Waals surface area contributed by atoms with Gasteiger partial charge in [0.25, 0.3) is 0 Å². The molecule has 2 N–H and O–H groups in total. The molecule has 1 amide bonds. The number of rotatable bonds is 6. The van der Waals surface area contributed by atoms with Crippen molar-refractivity contribution in [3.05, 3.63) is 53.1 Å². The molecule has 0 spiro atoms. The summed E-state index contributed by atoms with van der Waals surface area (Å²) in [6.45, 7) is -0.921. The molecule has 122 valence electrons. The second kappa shape index (κ2) is 7.78. The molecular weight excluding hydrogens is 326 g/mol. The predicted molar refractivity (Wildman–Crippen MR) is 86.4 cm³/mol. The van der Waals surface area contributed by atoms with Crippen LogP contribution in [0, 0.1) is 6.92 Å². The Kier molecular flexibility index (Phi) is 5.76. The van der Waals surface area contributed by atoms with Crippen molar-refractivity contribution < 1.29 is 18.3 Å². The van der Waals surface area contributed by atoms with E-state index in [2.05, 4.69) is 15.4 Å². The van der Waals surface area contributed by atoms with Gasteiger partial charge in [-0.2, -0.15) is 8.78 Å². The first-order valence-electron chi connectivity index (χ1n) is 6.79. The summed E-state index contributed by atoms with van der Waals surface area (Å²) in [5, 5.41) is 6.22. The van der Waals surface area contributed by atoms with Crippen LogP contribution in [-0.4, -0.2) is 19.1 Å². The number of halogens is 3. The predicted octanol–water partition coefficient (Wildman–Crippen LogP) is 4.30. The number of carbonyl (C=O) groups is 1. The van der Waals surface area contributed by atoms with Crippen molar-refractivity contribution in [1.82, 2.24) is 0 Å². The number of alkyl halides is 2. The molecule has 0 bridgehead atoms. The van der Waals surface area contributed by atoms with Crippen molar-refractivity contribution in [3.8, 4) is 5.75 Å². The first kappa shape index (κ1) is 17.0. The number of hydrogen-bond donors (Lipinski definition) is 2. The average Bonchev–Trinajstić information content (AvgIpc) is 2.50. The van der Waals surface area contributed by atoms with E-state index in [1.807, 2.05) is 13.0 Å². The second-order valence-electron chi connectivity index (χ2n) is 4.76. The lowest BCUT2D eigenvalue weighted by molar-refractivity contribution is -0.114. The van der Waals surface area contributed by atoms with E-state index < -0.39 is 6.61 Å². The minimum atomic E-state index is -2.87. The maximum atomic E-state index is 12.0. The Morgan fingerprint density at radius 1 is 1.22 bits per heavy atom. The molecule has 0 fully saturated rings. The lowest BCUT2D eigenvalue weighted by atomic mass is 10.2. The van der Waals surface area contributed by atoms with Gasteiger partial charge in [-0.15, -0.1) is 0 Å². The highest BCUT2D eigenvalue weighted by Crippen LogP contribution is 2.20. The molecule has 0 unspecified atom stereocenters. The van der Waals surface area contributed by atoms with Crippen LogP contribution >= 0.6 is 11.6 Å². The fraction of sp³-hybridized carbons (Fsp3) is 0.188. The zero-order chi connectivity index (χ0) is 16.8. The van der Waals surface area contributed by atoms with Crippen molar-refractivity contribution in [3.63, 3.8) is 0 Å². The first-order valence-corrected chi connectivity index (χ1v) is 7.16. The van der Waals surface area contributed by atoms with Gasteiger partial charge in [0.1, 0.15) is 5.75 Å². The molecule has 2 aromatic carbocycles. The number of ether oxygens (including phenoxy) is 1. The smallest absolute Gasteiger partial charge is 0.387 e. The quantitative estimate of drug-likeness (QED) is 0.824. The topological polar surface area (TPSA) is 50.4 Å². The summed E-state index contributed by atoms with van der Waals surface area (Å²) >= 11 is 5.91. The van der Waals surface area contributed by atoms with Gasteiger partial charge in [0.05, 0.1) is 6.54 Å². The summed E-state index contributed by atoms with van der Waals surface area (Å²) in [4.78, 5) is 11.9. The number of benzene rings is 2. The molecule has 0 atom stereocenters. The lowest BCUT2D eigenvalue weighted by Crippen LogP contribution is -2.22. The third-order valence-corrected chi connectivity index (χ3v) is 3.24. The number of nitrogens with one attached hydrogen (secondary N) is 2. The van der Waals surface area contributed by atoms with Crippen LogP contribution in [0.5, 0.6) is 5.75 Å². The molecule has 0 aliphatic carbocycles. The summed E-state index contributed by atoms with van der Waals surface area (Å²) in [7, 11) is 0. The van der Waals surface area contributed by atoms with Crippen molar-refractivity contribution >= 4 is 28.9 Å². The average molecular weight is 341 g/mol. The van der Waals surface area contributed by atoms with Crippen LogP contribution in [0.15, 0.2) is 42.5 Å². The number of hydrogen-bond acceptors (Lipinski definition) is 3. The van der Waals surface area contributed by atoms with Gasteiger partial charge in [-0.1, -0.05) is 17.7 Å². The van der Waals surface area contributed by atoms with Crippen LogP contribution in [0.1, 0.15) is 5.56 Å². The van der Waals surface area contributed by atoms with E-state index in [9.17, 15) is 13.6 Å². The van der Waals surface area contributed by atoms with Crippen LogP contribution in [0.2, 0.25) is 5.02 Å². The van der Waals surface area contributed by atoms with E-state index in [-0.39, 0.29) is 18.2 Å². The number of aryl methyl sites for hydroxylation is 1. The molecule has 0 aromatic heterocycles. The fourth-order valence-corrected chi connectivity index (χ4v) is 2.06. The Bertz CT molecular complexity index is 678. The normalized spacial score (nSPS) is 10.5. The largest absolute Gasteiger partial charge is 0.435 e. The molecule has 0 saturated heterocycles. The van der Waals surface area contributed by atoms with Crippen molar-refractivity contribution in [1.29, 1.82) is 0 Å². The fourth-order valence-electron chi connectivity index (χ4n) is 1.89. The van der Waals surface area contributed by atoms with E-state index in [0.29, 0.717) is 10.7 Å². The van der Waals surface area contributed by atoms with Gasteiger partial charge in [-0.3, -0.25) is 4.79 Å². The molecular formula is C16H15ClF2N2O2. The van der Waals surface area contributed by atoms with E-state index in [1.54, 1.807) is 12.1 Å². The molecule has 4 nitrogen and oxygen atoms in total. The van der Waals surface area contributed by atoms with Gasteiger partial charge in [0.2, 0.25) is 5.91 Å². The molecule has 2 aromatic rings. The van der Waals surface area contributed by atoms with E-state index in [1.165, 1.54) is 24.3 Å². The number of carbonyl (C=O) groups excluding carboxylic acids is 1. The first-order chi connectivity index (χ1) is 10.9. The van der Waals surface area contributed by atoms with Gasteiger partial charge in [0.15, 0.2) is 0 Å². The molecule has 0 radical (unpaired) electrons. The summed E-state index contributed by atoms with van der Waals surface area (Å²) in [5.74, 6) is -0.238. The number of amides is 1. The summed E-state index contributed by atoms with van der Waals surface area (Å²) in [6.07, 6.45) is 0. The SMILES string of the molecule is Cc1ccc(Cl)cc1NCC(=O)Nc1ccc(OC(F)F)cc1. The molecule has 0 aliphatic rings. The van der Waals surface area contributed by atoms with Gasteiger partial charge >= 0.3 is 6.61 Å². The standard InChI is InChI=1S/C16H15ClF2N2O2/c1-10-2-3-11(17)8-14(10)20-9-15(22)21-12-4-6-13(7-5-12)23-16(18)19/h2-8,16,20H,9H2,1H3,(H,21,22). The van der Waals surface area contributed by atoms with Crippen LogP contribution in [0.3, 0.4) is 0 Å². The monoisotopic (exact) mass is 340 g/mol. The molecule has 0 aliphatic heterocycles. The summed E-state index contributed by atoms with van der Waals surface area (Å²) in [5.41, 5.74) is 2.23. The summed E-state index contributed by atoms with van der Waals surface area (Å²) in [6, 6.07) is 11.0. The molecule has 7 heteroatoms. The highest BCUT2D eigenvalue weighted by molar-refractivity contribution is 6.30. The minimum Gasteiger partial charge on any atom is -0.435 e. The van der Waals surface area contributed by atoms with Gasteiger partial charge in [-0.05, 0) is 48.9 Å². The van der Waals surface area contributed by atoms with Crippen LogP contribution in [-0.2, 0) is 4.79 Å². The number of anilines is 2. The van der Waals surface area contributed by atoms with E-state index in [4.69, 9.17) is 11.6 Å². The van der Waals surface area contributed by atoms with Crippen molar-refractivity contribution in [2.75, 3.05) is 17.2 Å². The minimum absolute atomic E-state index is 0.0330. The Balaban J connectivity index is 1.88. The van der Waals surface area contributed by atoms with Gasteiger partial charge < -0.3 is 15.4 Å². The molecule has 0 saturated carbocycles. The Morgan fingerprint density at radius 3 is 2.57 bits per heavy atom. The molecule has 2 rings (SSSR count). The maximum Gasteiger partial charge on any atom is 0.387 e. The van der Waals surface area contributed by atoms with Crippen LogP contribution < -0.4 is 15.4 Å². The third kappa shape index (κ3) is 5.41. The Hall–Kier alpha value is -2.34. The van der Waals surface area contributed by atoms with E-state index >= 15 is 0 Å².